The first kappa shape index (κ1) is 29.1. The molecule has 0 atom stereocenters. The number of hydrogen-bond acceptors (Lipinski definition) is 8. The van der Waals surface area contributed by atoms with Crippen LogP contribution in [0.5, 0.6) is 11.5 Å². The van der Waals surface area contributed by atoms with Crippen molar-refractivity contribution in [2.75, 3.05) is 26.1 Å². The molecule has 11 nitrogen and oxygen atoms in total. The Hall–Kier alpha value is -4.47. The highest BCUT2D eigenvalue weighted by molar-refractivity contribution is 9.10. The molecule has 0 fully saturated rings. The normalized spacial score (nSPS) is 10.6. The van der Waals surface area contributed by atoms with Crippen LogP contribution in [-0.2, 0) is 27.5 Å². The first-order chi connectivity index (χ1) is 18.8. The van der Waals surface area contributed by atoms with Crippen LogP contribution in [0.3, 0.4) is 0 Å². The van der Waals surface area contributed by atoms with Crippen molar-refractivity contribution in [3.8, 4) is 17.6 Å². The van der Waals surface area contributed by atoms with Gasteiger partial charge < -0.3 is 24.1 Å². The molecule has 39 heavy (non-hydrogen) atoms. The Labute approximate surface area is 233 Å². The van der Waals surface area contributed by atoms with E-state index < -0.39 is 11.5 Å². The Balaban J connectivity index is 1.55. The molecule has 3 aromatic rings. The monoisotopic (exact) mass is 595 g/mol. The highest BCUT2D eigenvalue weighted by Crippen LogP contribution is 2.24. The van der Waals surface area contributed by atoms with E-state index in [0.29, 0.717) is 38.5 Å². The Morgan fingerprint density at radius 3 is 2.51 bits per heavy atom. The molecule has 2 amide bonds. The summed E-state index contributed by atoms with van der Waals surface area (Å²) in [5, 5.41) is 16.1. The van der Waals surface area contributed by atoms with E-state index in [1.807, 2.05) is 6.07 Å². The zero-order valence-corrected chi connectivity index (χ0v) is 23.1. The van der Waals surface area contributed by atoms with E-state index in [1.54, 1.807) is 55.5 Å². The number of aromatic nitrogens is 1. The maximum atomic E-state index is 12.8. The number of anilines is 1. The number of amides is 2. The number of para-hydroxylation sites is 2. The number of ether oxygens (including phenoxy) is 3. The van der Waals surface area contributed by atoms with Crippen molar-refractivity contribution in [1.29, 1.82) is 5.26 Å². The van der Waals surface area contributed by atoms with Crippen molar-refractivity contribution in [3.63, 3.8) is 0 Å². The molecule has 12 heteroatoms. The molecule has 0 saturated heterocycles. The topological polar surface area (TPSA) is 144 Å². The average Bonchev–Trinajstić information content (AvgIpc) is 2.94. The fourth-order valence-corrected chi connectivity index (χ4v) is 4.07. The van der Waals surface area contributed by atoms with Crippen molar-refractivity contribution in [1.82, 2.24) is 9.99 Å². The van der Waals surface area contributed by atoms with E-state index >= 15 is 0 Å². The van der Waals surface area contributed by atoms with Gasteiger partial charge in [-0.15, -0.1) is 0 Å². The number of carbonyl (C=O) groups is 2. The number of halogens is 1. The largest absolute Gasteiger partial charge is 0.495 e. The van der Waals surface area contributed by atoms with Gasteiger partial charge in [0.2, 0.25) is 0 Å². The van der Waals surface area contributed by atoms with Gasteiger partial charge in [-0.25, -0.2) is 5.43 Å². The molecule has 3 rings (SSSR count). The third kappa shape index (κ3) is 7.53. The van der Waals surface area contributed by atoms with Crippen LogP contribution in [0.15, 0.2) is 62.9 Å². The number of pyridine rings is 1. The minimum atomic E-state index is -0.587. The van der Waals surface area contributed by atoms with Gasteiger partial charge in [-0.2, -0.15) is 10.4 Å². The van der Waals surface area contributed by atoms with Crippen LogP contribution in [0.4, 0.5) is 5.69 Å². The van der Waals surface area contributed by atoms with Crippen LogP contribution in [0, 0.1) is 18.3 Å². The first-order valence-corrected chi connectivity index (χ1v) is 12.4. The predicted molar refractivity (Wildman–Crippen MR) is 148 cm³/mol. The van der Waals surface area contributed by atoms with Crippen LogP contribution in [0.1, 0.15) is 22.4 Å². The summed E-state index contributed by atoms with van der Waals surface area (Å²) in [7, 11) is 2.98. The third-order valence-corrected chi connectivity index (χ3v) is 6.54. The van der Waals surface area contributed by atoms with Crippen molar-refractivity contribution in [2.45, 2.75) is 20.1 Å². The number of carbonyl (C=O) groups excluding carboxylic acids is 2. The Morgan fingerprint density at radius 1 is 1.13 bits per heavy atom. The zero-order chi connectivity index (χ0) is 28.4. The van der Waals surface area contributed by atoms with Gasteiger partial charge in [-0.1, -0.05) is 12.1 Å². The molecule has 2 aromatic carbocycles. The van der Waals surface area contributed by atoms with Crippen LogP contribution in [0.2, 0.25) is 0 Å². The lowest BCUT2D eigenvalue weighted by atomic mass is 10.1. The quantitative estimate of drug-likeness (QED) is 0.256. The second-order valence-electron chi connectivity index (χ2n) is 8.09. The fraction of sp³-hybridized carbons (Fsp3) is 0.222. The average molecular weight is 596 g/mol. The molecule has 1 heterocycles. The number of hydrogen-bond donors (Lipinski definition) is 2. The number of hydrazone groups is 1. The summed E-state index contributed by atoms with van der Waals surface area (Å²) < 4.78 is 17.5. The molecule has 0 unspecified atom stereocenters. The fourth-order valence-electron chi connectivity index (χ4n) is 3.54. The van der Waals surface area contributed by atoms with Crippen molar-refractivity contribution in [3.05, 3.63) is 85.7 Å². The van der Waals surface area contributed by atoms with Gasteiger partial charge in [-0.05, 0) is 64.8 Å². The molecule has 0 radical (unpaired) electrons. The molecule has 0 spiro atoms. The Morgan fingerprint density at radius 2 is 1.85 bits per heavy atom. The minimum absolute atomic E-state index is 0.0802. The molecule has 2 N–H and O–H groups in total. The molecular weight excluding hydrogens is 570 g/mol. The number of nitriles is 1. The summed E-state index contributed by atoms with van der Waals surface area (Å²) in [5.74, 6) is 0.123. The minimum Gasteiger partial charge on any atom is -0.495 e. The zero-order valence-electron chi connectivity index (χ0n) is 21.5. The molecule has 1 aromatic heterocycles. The number of nitrogens with zero attached hydrogens (tertiary/aromatic N) is 3. The van der Waals surface area contributed by atoms with Gasteiger partial charge in [0.15, 0.2) is 6.61 Å². The summed E-state index contributed by atoms with van der Waals surface area (Å²) in [4.78, 5) is 37.4. The molecule has 202 valence electrons. The number of benzene rings is 2. The Kier molecular flexibility index (Phi) is 10.4. The molecular formula is C27H26BrN5O6. The summed E-state index contributed by atoms with van der Waals surface area (Å²) in [6.45, 7) is 1.22. The lowest BCUT2D eigenvalue weighted by Gasteiger charge is -2.15. The van der Waals surface area contributed by atoms with Gasteiger partial charge in [0, 0.05) is 22.8 Å². The third-order valence-electron chi connectivity index (χ3n) is 5.48. The van der Waals surface area contributed by atoms with E-state index in [9.17, 15) is 19.6 Å². The number of methoxy groups -OCH3 is 2. The lowest BCUT2D eigenvalue weighted by molar-refractivity contribution is -0.121. The SMILES string of the molecule is COCc1c(Br)c(C)n(CC(=O)N/N=C\c2ccc(OCC(=O)Nc3ccccc3OC)cc2)c(=O)c1C#N. The smallest absolute Gasteiger partial charge is 0.269 e. The van der Waals surface area contributed by atoms with E-state index in [-0.39, 0.29) is 31.2 Å². The van der Waals surface area contributed by atoms with E-state index in [2.05, 4.69) is 31.8 Å². The maximum Gasteiger partial charge on any atom is 0.269 e. The molecule has 0 aliphatic heterocycles. The highest BCUT2D eigenvalue weighted by atomic mass is 79.9. The standard InChI is InChI=1S/C27H26BrN5O6/c1-17-26(28)21(15-37-2)20(12-29)27(36)33(17)14-24(34)32-30-13-18-8-10-19(11-9-18)39-16-25(35)31-22-6-4-5-7-23(22)38-3/h4-11,13H,14-16H2,1-3H3,(H,31,35)(H,32,34)/b30-13-. The molecule has 0 aliphatic rings. The summed E-state index contributed by atoms with van der Waals surface area (Å²) in [6.07, 6.45) is 1.42. The van der Waals surface area contributed by atoms with Gasteiger partial charge >= 0.3 is 0 Å². The highest BCUT2D eigenvalue weighted by Gasteiger charge is 2.19. The van der Waals surface area contributed by atoms with Crippen molar-refractivity contribution >= 4 is 39.6 Å². The molecule has 0 saturated carbocycles. The lowest BCUT2D eigenvalue weighted by Crippen LogP contribution is -2.33. The van der Waals surface area contributed by atoms with Gasteiger partial charge in [0.05, 0.1) is 25.6 Å². The van der Waals surface area contributed by atoms with E-state index in [1.165, 1.54) is 25.0 Å². The second-order valence-corrected chi connectivity index (χ2v) is 8.88. The first-order valence-electron chi connectivity index (χ1n) is 11.6. The summed E-state index contributed by atoms with van der Waals surface area (Å²) in [6, 6.07) is 15.7. The van der Waals surface area contributed by atoms with Crippen LogP contribution >= 0.6 is 15.9 Å². The van der Waals surface area contributed by atoms with E-state index in [4.69, 9.17) is 14.2 Å². The van der Waals surface area contributed by atoms with Gasteiger partial charge in [0.25, 0.3) is 17.4 Å². The van der Waals surface area contributed by atoms with Gasteiger partial charge in [-0.3, -0.25) is 14.4 Å². The summed E-state index contributed by atoms with van der Waals surface area (Å²) in [5.41, 5.74) is 3.81. The van der Waals surface area contributed by atoms with Crippen LogP contribution in [-0.4, -0.2) is 43.4 Å². The van der Waals surface area contributed by atoms with Crippen molar-refractivity contribution in [2.24, 2.45) is 5.10 Å². The number of nitrogens with one attached hydrogen (secondary N) is 2. The second kappa shape index (κ2) is 13.9. The predicted octanol–water partition coefficient (Wildman–Crippen LogP) is 3.11. The van der Waals surface area contributed by atoms with Crippen LogP contribution in [0.25, 0.3) is 0 Å². The number of rotatable bonds is 11. The Bertz CT molecular complexity index is 1480. The van der Waals surface area contributed by atoms with E-state index in [0.717, 1.165) is 0 Å². The molecule has 0 bridgehead atoms. The maximum absolute atomic E-state index is 12.8. The van der Waals surface area contributed by atoms with Crippen molar-refractivity contribution < 1.29 is 23.8 Å². The molecule has 0 aliphatic carbocycles. The van der Waals surface area contributed by atoms with Gasteiger partial charge in [0.1, 0.15) is 29.7 Å². The summed E-state index contributed by atoms with van der Waals surface area (Å²) >= 11 is 3.39. The van der Waals surface area contributed by atoms with Crippen LogP contribution < -0.4 is 25.8 Å².